The van der Waals surface area contributed by atoms with Gasteiger partial charge in [0.25, 0.3) is 5.91 Å². The lowest BCUT2D eigenvalue weighted by Crippen LogP contribution is -2.28. The lowest BCUT2D eigenvalue weighted by molar-refractivity contribution is -0.125. The number of hydrogen-bond donors (Lipinski definition) is 2. The number of carbonyl (C=O) groups is 1. The van der Waals surface area contributed by atoms with Gasteiger partial charge in [-0.3, -0.25) is 14.2 Å². The number of rotatable bonds is 1. The summed E-state index contributed by atoms with van der Waals surface area (Å²) in [6.07, 6.45) is 3.00. The molecule has 0 aliphatic carbocycles. The Balaban J connectivity index is 2.36. The maximum Gasteiger partial charge on any atom is 0.326 e. The van der Waals surface area contributed by atoms with Gasteiger partial charge in [-0.25, -0.2) is 10.3 Å². The molecule has 1 atom stereocenters. The Labute approximate surface area is 67.1 Å². The van der Waals surface area contributed by atoms with E-state index in [1.165, 1.54) is 17.0 Å². The van der Waals surface area contributed by atoms with Gasteiger partial charge in [0, 0.05) is 12.4 Å². The molecular weight excluding hydrogens is 162 g/mol. The number of H-pyrrole nitrogens is 1. The van der Waals surface area contributed by atoms with Crippen molar-refractivity contribution in [3.8, 4) is 0 Å². The van der Waals surface area contributed by atoms with Gasteiger partial charge < -0.3 is 4.98 Å². The molecule has 1 amide bonds. The summed E-state index contributed by atoms with van der Waals surface area (Å²) in [4.78, 5) is 29.2. The Morgan fingerprint density at radius 2 is 2.42 bits per heavy atom. The van der Waals surface area contributed by atoms with Crippen LogP contribution in [-0.4, -0.2) is 22.1 Å². The van der Waals surface area contributed by atoms with Crippen molar-refractivity contribution in [1.82, 2.24) is 15.0 Å². The van der Waals surface area contributed by atoms with E-state index in [9.17, 15) is 9.59 Å². The normalized spacial score (nSPS) is 22.7. The van der Waals surface area contributed by atoms with E-state index >= 15 is 0 Å². The SMILES string of the molecule is O=C1NOCC1n1cc[nH]c1=O. The molecule has 0 aromatic carbocycles. The summed E-state index contributed by atoms with van der Waals surface area (Å²) in [5.41, 5.74) is 1.87. The van der Waals surface area contributed by atoms with Crippen LogP contribution >= 0.6 is 0 Å². The maximum atomic E-state index is 11.0. The van der Waals surface area contributed by atoms with Crippen molar-refractivity contribution >= 4 is 5.91 Å². The monoisotopic (exact) mass is 169 g/mol. The van der Waals surface area contributed by atoms with Crippen LogP contribution in [0.2, 0.25) is 0 Å². The van der Waals surface area contributed by atoms with Gasteiger partial charge in [0.15, 0.2) is 0 Å². The van der Waals surface area contributed by atoms with E-state index in [0.29, 0.717) is 0 Å². The van der Waals surface area contributed by atoms with Crippen LogP contribution in [0.25, 0.3) is 0 Å². The van der Waals surface area contributed by atoms with E-state index in [2.05, 4.69) is 15.3 Å². The Hall–Kier alpha value is -1.56. The second-order valence-corrected chi connectivity index (χ2v) is 2.47. The number of amides is 1. The van der Waals surface area contributed by atoms with Crippen LogP contribution in [0.4, 0.5) is 0 Å². The van der Waals surface area contributed by atoms with E-state index in [1.54, 1.807) is 0 Å². The highest BCUT2D eigenvalue weighted by molar-refractivity contribution is 5.80. The van der Waals surface area contributed by atoms with Crippen molar-refractivity contribution in [2.45, 2.75) is 6.04 Å². The summed E-state index contributed by atoms with van der Waals surface area (Å²) in [6, 6.07) is -0.538. The molecule has 0 bridgehead atoms. The first-order chi connectivity index (χ1) is 5.79. The molecule has 6 nitrogen and oxygen atoms in total. The lowest BCUT2D eigenvalue weighted by atomic mass is 10.3. The predicted octanol–water partition coefficient (Wildman–Crippen LogP) is -1.22. The number of aromatic amines is 1. The second-order valence-electron chi connectivity index (χ2n) is 2.47. The van der Waals surface area contributed by atoms with Crippen LogP contribution < -0.4 is 11.2 Å². The predicted molar refractivity (Wildman–Crippen MR) is 38.2 cm³/mol. The number of nitrogens with zero attached hydrogens (tertiary/aromatic N) is 1. The van der Waals surface area contributed by atoms with Crippen LogP contribution in [0.1, 0.15) is 6.04 Å². The minimum absolute atomic E-state index is 0.191. The molecule has 1 aromatic rings. The third kappa shape index (κ3) is 0.928. The first-order valence-electron chi connectivity index (χ1n) is 3.46. The fourth-order valence-corrected chi connectivity index (χ4v) is 1.12. The minimum Gasteiger partial charge on any atom is -0.313 e. The first kappa shape index (κ1) is 7.11. The highest BCUT2D eigenvalue weighted by atomic mass is 16.7. The standard InChI is InChI=1S/C6H7N3O3/c10-5-4(3-12-8-5)9-2-1-7-6(9)11/h1-2,4H,3H2,(H,7,11)(H,8,10). The molecule has 1 unspecified atom stereocenters. The van der Waals surface area contributed by atoms with Gasteiger partial charge in [-0.15, -0.1) is 0 Å². The summed E-state index contributed by atoms with van der Waals surface area (Å²) in [5.74, 6) is -0.295. The van der Waals surface area contributed by atoms with Crippen LogP contribution in [0.3, 0.4) is 0 Å². The Kier molecular flexibility index (Phi) is 1.47. The molecule has 2 N–H and O–H groups in total. The van der Waals surface area contributed by atoms with Gasteiger partial charge in [-0.1, -0.05) is 0 Å². The van der Waals surface area contributed by atoms with Gasteiger partial charge >= 0.3 is 5.69 Å². The highest BCUT2D eigenvalue weighted by Gasteiger charge is 2.27. The molecule has 6 heteroatoms. The molecule has 2 heterocycles. The molecule has 1 aromatic heterocycles. The molecule has 0 spiro atoms. The third-order valence-electron chi connectivity index (χ3n) is 1.73. The van der Waals surface area contributed by atoms with Crippen molar-refractivity contribution in [2.75, 3.05) is 6.61 Å². The van der Waals surface area contributed by atoms with E-state index < -0.39 is 6.04 Å². The van der Waals surface area contributed by atoms with Gasteiger partial charge in [0.1, 0.15) is 12.6 Å². The summed E-state index contributed by atoms with van der Waals surface area (Å²) in [6.45, 7) is 0.191. The van der Waals surface area contributed by atoms with E-state index in [-0.39, 0.29) is 18.2 Å². The summed E-state index contributed by atoms with van der Waals surface area (Å²) in [5, 5.41) is 0. The Bertz CT molecular complexity index is 353. The largest absolute Gasteiger partial charge is 0.326 e. The maximum absolute atomic E-state index is 11.0. The second kappa shape index (κ2) is 2.49. The molecule has 64 valence electrons. The molecule has 12 heavy (non-hydrogen) atoms. The molecule has 1 aliphatic rings. The van der Waals surface area contributed by atoms with Gasteiger partial charge in [0.05, 0.1) is 0 Å². The van der Waals surface area contributed by atoms with Crippen molar-refractivity contribution in [2.24, 2.45) is 0 Å². The first-order valence-corrected chi connectivity index (χ1v) is 3.46. The number of nitrogens with one attached hydrogen (secondary N) is 2. The van der Waals surface area contributed by atoms with Crippen LogP contribution in [-0.2, 0) is 9.63 Å². The van der Waals surface area contributed by atoms with Gasteiger partial charge in [0.2, 0.25) is 0 Å². The molecule has 0 radical (unpaired) electrons. The zero-order chi connectivity index (χ0) is 8.55. The zero-order valence-electron chi connectivity index (χ0n) is 6.11. The van der Waals surface area contributed by atoms with E-state index in [0.717, 1.165) is 0 Å². The highest BCUT2D eigenvalue weighted by Crippen LogP contribution is 2.08. The van der Waals surface area contributed by atoms with E-state index in [1.807, 2.05) is 0 Å². The number of carbonyl (C=O) groups excluding carboxylic acids is 1. The number of hydroxylamine groups is 1. The molecule has 1 saturated heterocycles. The van der Waals surface area contributed by atoms with Crippen molar-refractivity contribution < 1.29 is 9.63 Å². The summed E-state index contributed by atoms with van der Waals surface area (Å²) in [7, 11) is 0. The van der Waals surface area contributed by atoms with Crippen LogP contribution in [0.5, 0.6) is 0 Å². The van der Waals surface area contributed by atoms with Crippen LogP contribution in [0.15, 0.2) is 17.2 Å². The molecule has 1 fully saturated rings. The van der Waals surface area contributed by atoms with E-state index in [4.69, 9.17) is 0 Å². The molecule has 0 saturated carbocycles. The fourth-order valence-electron chi connectivity index (χ4n) is 1.12. The van der Waals surface area contributed by atoms with Crippen molar-refractivity contribution in [3.05, 3.63) is 22.9 Å². The van der Waals surface area contributed by atoms with Crippen molar-refractivity contribution in [1.29, 1.82) is 0 Å². The third-order valence-corrected chi connectivity index (χ3v) is 1.73. The number of imidazole rings is 1. The summed E-state index contributed by atoms with van der Waals surface area (Å²) >= 11 is 0. The van der Waals surface area contributed by atoms with Gasteiger partial charge in [-0.2, -0.15) is 0 Å². The lowest BCUT2D eigenvalue weighted by Gasteiger charge is -2.02. The fraction of sp³-hybridized carbons (Fsp3) is 0.333. The average molecular weight is 169 g/mol. The molecule has 1 aliphatic heterocycles. The molecule has 2 rings (SSSR count). The molecular formula is C6H7N3O3. The summed E-state index contributed by atoms with van der Waals surface area (Å²) < 4.78 is 1.29. The topological polar surface area (TPSA) is 76.1 Å². The zero-order valence-corrected chi connectivity index (χ0v) is 6.11. The van der Waals surface area contributed by atoms with Crippen molar-refractivity contribution in [3.63, 3.8) is 0 Å². The quantitative estimate of drug-likeness (QED) is 0.553. The van der Waals surface area contributed by atoms with Gasteiger partial charge in [-0.05, 0) is 0 Å². The Morgan fingerprint density at radius 3 is 2.92 bits per heavy atom. The Morgan fingerprint density at radius 1 is 1.58 bits per heavy atom. The minimum atomic E-state index is -0.538. The average Bonchev–Trinajstić information content (AvgIpc) is 2.59. The smallest absolute Gasteiger partial charge is 0.313 e. The van der Waals surface area contributed by atoms with Crippen LogP contribution in [0, 0.1) is 0 Å². The number of aromatic nitrogens is 2. The number of hydrogen-bond acceptors (Lipinski definition) is 3.